The number of carbonyl (C=O) groups is 2. The van der Waals surface area contributed by atoms with Crippen LogP contribution in [0.15, 0.2) is 47.5 Å². The Morgan fingerprint density at radius 3 is 2.63 bits per heavy atom. The second-order valence-corrected chi connectivity index (χ2v) is 7.09. The van der Waals surface area contributed by atoms with Crippen LogP contribution in [0.2, 0.25) is 5.02 Å². The summed E-state index contributed by atoms with van der Waals surface area (Å²) >= 11 is 7.52. The molecule has 2 aromatic carbocycles. The second kappa shape index (κ2) is 8.37. The third-order valence-corrected chi connectivity index (χ3v) is 5.32. The maximum absolute atomic E-state index is 12.3. The fourth-order valence-corrected chi connectivity index (χ4v) is 3.80. The number of halogens is 1. The molecule has 0 unspecified atom stereocenters. The van der Waals surface area contributed by atoms with Crippen molar-refractivity contribution in [2.45, 2.75) is 13.5 Å². The van der Waals surface area contributed by atoms with Gasteiger partial charge in [0.1, 0.15) is 12.3 Å². The minimum absolute atomic E-state index is 0.0661. The van der Waals surface area contributed by atoms with Crippen LogP contribution in [0.1, 0.15) is 5.56 Å². The van der Waals surface area contributed by atoms with Crippen LogP contribution in [0.25, 0.3) is 10.2 Å². The third-order valence-electron chi connectivity index (χ3n) is 3.87. The lowest BCUT2D eigenvalue weighted by atomic mass is 10.2. The number of hydrogen-bond donors (Lipinski definition) is 0. The average molecular weight is 405 g/mol. The number of aromatic nitrogens is 1. The number of ether oxygens (including phenoxy) is 2. The van der Waals surface area contributed by atoms with E-state index in [2.05, 4.69) is 4.99 Å². The number of aryl methyl sites for hydroxylation is 1. The smallest absolute Gasteiger partial charge is 0.325 e. The van der Waals surface area contributed by atoms with Crippen LogP contribution in [0.4, 0.5) is 0 Å². The number of hydrogen-bond acceptors (Lipinski definition) is 5. The zero-order valence-electron chi connectivity index (χ0n) is 14.8. The number of thiazole rings is 1. The molecule has 0 fully saturated rings. The fraction of sp³-hybridized carbons (Fsp3) is 0.211. The topological polar surface area (TPSA) is 69.9 Å². The van der Waals surface area contributed by atoms with Crippen molar-refractivity contribution in [1.82, 2.24) is 4.57 Å². The van der Waals surface area contributed by atoms with Crippen molar-refractivity contribution >= 4 is 45.0 Å². The van der Waals surface area contributed by atoms with Crippen molar-refractivity contribution in [1.29, 1.82) is 0 Å². The molecule has 6 nitrogen and oxygen atoms in total. The van der Waals surface area contributed by atoms with Crippen LogP contribution in [-0.2, 0) is 20.9 Å². The van der Waals surface area contributed by atoms with Gasteiger partial charge in [0.2, 0.25) is 0 Å². The van der Waals surface area contributed by atoms with Crippen molar-refractivity contribution in [2.75, 3.05) is 13.7 Å². The Morgan fingerprint density at radius 2 is 1.93 bits per heavy atom. The first-order valence-corrected chi connectivity index (χ1v) is 9.29. The molecule has 0 aliphatic rings. The normalized spacial score (nSPS) is 11.6. The first kappa shape index (κ1) is 19.1. The molecule has 0 saturated carbocycles. The Hall–Kier alpha value is -2.64. The highest BCUT2D eigenvalue weighted by molar-refractivity contribution is 7.16. The molecular weight excluding hydrogens is 388 g/mol. The molecule has 0 atom stereocenters. The number of methoxy groups -OCH3 is 1. The van der Waals surface area contributed by atoms with Crippen LogP contribution < -0.4 is 9.54 Å². The van der Waals surface area contributed by atoms with E-state index in [1.165, 1.54) is 18.4 Å². The van der Waals surface area contributed by atoms with Gasteiger partial charge in [0, 0.05) is 5.02 Å². The van der Waals surface area contributed by atoms with Gasteiger partial charge in [-0.05, 0) is 36.8 Å². The molecule has 3 rings (SSSR count). The maximum atomic E-state index is 12.3. The summed E-state index contributed by atoms with van der Waals surface area (Å²) in [5.74, 6) is -0.307. The molecule has 8 heteroatoms. The highest BCUT2D eigenvalue weighted by Crippen LogP contribution is 2.27. The minimum atomic E-state index is -0.451. The molecule has 0 spiro atoms. The maximum Gasteiger partial charge on any atom is 0.325 e. The summed E-state index contributed by atoms with van der Waals surface area (Å²) in [5.41, 5.74) is 1.57. The number of para-hydroxylation sites is 1. The number of nitrogens with zero attached hydrogens (tertiary/aromatic N) is 2. The highest BCUT2D eigenvalue weighted by atomic mass is 35.5. The summed E-state index contributed by atoms with van der Waals surface area (Å²) in [6.45, 7) is 1.59. The first-order valence-electron chi connectivity index (χ1n) is 8.10. The molecular formula is C19H17ClN2O4S. The highest BCUT2D eigenvalue weighted by Gasteiger charge is 2.15. The van der Waals surface area contributed by atoms with Gasteiger partial charge in [-0.25, -0.2) is 0 Å². The van der Waals surface area contributed by atoms with Crippen molar-refractivity contribution in [3.8, 4) is 5.75 Å². The summed E-state index contributed by atoms with van der Waals surface area (Å²) in [4.78, 5) is 28.7. The number of amides is 1. The molecule has 0 radical (unpaired) electrons. The second-order valence-electron chi connectivity index (χ2n) is 5.67. The van der Waals surface area contributed by atoms with Crippen LogP contribution in [0.5, 0.6) is 5.75 Å². The average Bonchev–Trinajstić information content (AvgIpc) is 3.01. The number of esters is 1. The summed E-state index contributed by atoms with van der Waals surface area (Å²) < 4.78 is 12.7. The van der Waals surface area contributed by atoms with E-state index in [1.807, 2.05) is 31.2 Å². The van der Waals surface area contributed by atoms with Crippen LogP contribution in [-0.4, -0.2) is 30.2 Å². The Bertz CT molecular complexity index is 1060. The summed E-state index contributed by atoms with van der Waals surface area (Å²) in [6.07, 6.45) is 0. The molecule has 0 bridgehead atoms. The lowest BCUT2D eigenvalue weighted by Gasteiger charge is -2.07. The quantitative estimate of drug-likeness (QED) is 0.611. The van der Waals surface area contributed by atoms with Gasteiger partial charge in [0.25, 0.3) is 5.91 Å². The Balaban J connectivity index is 1.97. The largest absolute Gasteiger partial charge is 0.484 e. The molecule has 0 aliphatic heterocycles. The number of benzene rings is 2. The fourth-order valence-electron chi connectivity index (χ4n) is 2.54. The molecule has 1 heterocycles. The monoisotopic (exact) mass is 404 g/mol. The van der Waals surface area contributed by atoms with Crippen molar-refractivity contribution in [2.24, 2.45) is 4.99 Å². The predicted molar refractivity (Wildman–Crippen MR) is 104 cm³/mol. The first-order chi connectivity index (χ1) is 13.0. The van der Waals surface area contributed by atoms with Gasteiger partial charge in [-0.15, -0.1) is 0 Å². The Morgan fingerprint density at radius 1 is 1.19 bits per heavy atom. The minimum Gasteiger partial charge on any atom is -0.484 e. The van der Waals surface area contributed by atoms with Crippen molar-refractivity contribution < 1.29 is 19.1 Å². The number of carbonyl (C=O) groups excluding carboxylic acids is 2. The van der Waals surface area contributed by atoms with Crippen molar-refractivity contribution in [3.63, 3.8) is 0 Å². The van der Waals surface area contributed by atoms with Crippen LogP contribution in [0, 0.1) is 6.92 Å². The van der Waals surface area contributed by atoms with Gasteiger partial charge in [-0.3, -0.25) is 9.59 Å². The third kappa shape index (κ3) is 4.37. The summed E-state index contributed by atoms with van der Waals surface area (Å²) in [5, 5.41) is 0.573. The molecule has 1 aromatic heterocycles. The van der Waals surface area contributed by atoms with E-state index >= 15 is 0 Å². The van der Waals surface area contributed by atoms with Crippen LogP contribution >= 0.6 is 22.9 Å². The molecule has 0 N–H and O–H groups in total. The summed E-state index contributed by atoms with van der Waals surface area (Å²) in [7, 11) is 1.31. The molecule has 27 heavy (non-hydrogen) atoms. The lowest BCUT2D eigenvalue weighted by Crippen LogP contribution is -2.23. The molecule has 140 valence electrons. The van der Waals surface area contributed by atoms with Crippen molar-refractivity contribution in [3.05, 3.63) is 57.9 Å². The predicted octanol–water partition coefficient (Wildman–Crippen LogP) is 3.34. The number of rotatable bonds is 5. The molecule has 0 saturated heterocycles. The van der Waals surface area contributed by atoms with E-state index in [1.54, 1.807) is 22.8 Å². The molecule has 0 aliphatic carbocycles. The van der Waals surface area contributed by atoms with E-state index in [0.717, 1.165) is 15.8 Å². The van der Waals surface area contributed by atoms with E-state index in [0.29, 0.717) is 15.6 Å². The zero-order chi connectivity index (χ0) is 19.4. The van der Waals surface area contributed by atoms with Gasteiger partial charge in [0.15, 0.2) is 11.4 Å². The van der Waals surface area contributed by atoms with Gasteiger partial charge in [0.05, 0.1) is 17.3 Å². The zero-order valence-corrected chi connectivity index (χ0v) is 16.3. The Labute approximate surface area is 164 Å². The number of fused-ring (bicyclic) bond motifs is 1. The SMILES string of the molecule is COC(=O)Cn1c(=NC(=O)COc2ccccc2)sc2ccc(Cl)c(C)c21. The van der Waals surface area contributed by atoms with Gasteiger partial charge >= 0.3 is 5.97 Å². The van der Waals surface area contributed by atoms with Crippen LogP contribution in [0.3, 0.4) is 0 Å². The lowest BCUT2D eigenvalue weighted by molar-refractivity contribution is -0.141. The van der Waals surface area contributed by atoms with E-state index in [-0.39, 0.29) is 13.2 Å². The standard InChI is InChI=1S/C19H17ClN2O4S/c1-12-14(20)8-9-15-18(12)22(10-17(24)25-2)19(27-15)21-16(23)11-26-13-6-4-3-5-7-13/h3-9H,10-11H2,1-2H3. The molecule has 1 amide bonds. The van der Waals surface area contributed by atoms with Gasteiger partial charge in [-0.1, -0.05) is 41.1 Å². The summed E-state index contributed by atoms with van der Waals surface area (Å²) in [6, 6.07) is 12.6. The van der Waals surface area contributed by atoms with E-state index < -0.39 is 11.9 Å². The van der Waals surface area contributed by atoms with Gasteiger partial charge < -0.3 is 14.0 Å². The molecule has 3 aromatic rings. The van der Waals surface area contributed by atoms with E-state index in [4.69, 9.17) is 21.1 Å². The van der Waals surface area contributed by atoms with Gasteiger partial charge in [-0.2, -0.15) is 4.99 Å². The van der Waals surface area contributed by atoms with E-state index in [9.17, 15) is 9.59 Å². The Kier molecular flexibility index (Phi) is 5.93.